The van der Waals surface area contributed by atoms with E-state index in [4.69, 9.17) is 9.47 Å². The zero-order valence-electron chi connectivity index (χ0n) is 18.5. The Labute approximate surface area is 185 Å². The molecular formula is C23H28F2N2O5. The Balaban J connectivity index is 1.74. The van der Waals surface area contributed by atoms with Gasteiger partial charge in [-0.2, -0.15) is 0 Å². The minimum atomic E-state index is -0.960. The van der Waals surface area contributed by atoms with Gasteiger partial charge >= 0.3 is 5.97 Å². The number of benzene rings is 1. The Hall–Kier alpha value is -3.07. The number of hydrogen-bond donors (Lipinski definition) is 1. The zero-order chi connectivity index (χ0) is 23.7. The molecule has 0 aliphatic rings. The number of nitrogens with zero attached hydrogens (tertiary/aromatic N) is 1. The minimum Gasteiger partial charge on any atom is -0.457 e. The second kappa shape index (κ2) is 12.1. The maximum Gasteiger partial charge on any atom is 0.306 e. The molecule has 0 aliphatic heterocycles. The number of halogens is 2. The standard InChI is InChI=1S/C23H28F2N2O5/c1-15-12-19(16(2)27(15)10-5-11-31-3)21(28)14-32-22(29)6-4-9-26-23(30)18-8-7-17(24)13-20(18)25/h7-8,12-13H,4-6,9-11,14H2,1-3H3,(H,26,30). The van der Waals surface area contributed by atoms with Crippen molar-refractivity contribution in [1.29, 1.82) is 0 Å². The topological polar surface area (TPSA) is 86.6 Å². The van der Waals surface area contributed by atoms with Gasteiger partial charge in [0.15, 0.2) is 6.61 Å². The van der Waals surface area contributed by atoms with Crippen LogP contribution in [0.3, 0.4) is 0 Å². The van der Waals surface area contributed by atoms with Crippen LogP contribution in [0.1, 0.15) is 51.4 Å². The van der Waals surface area contributed by atoms with Crippen molar-refractivity contribution in [2.75, 3.05) is 26.9 Å². The number of rotatable bonds is 12. The van der Waals surface area contributed by atoms with E-state index >= 15 is 0 Å². The van der Waals surface area contributed by atoms with Gasteiger partial charge < -0.3 is 19.4 Å². The fourth-order valence-corrected chi connectivity index (χ4v) is 3.29. The van der Waals surface area contributed by atoms with Crippen LogP contribution in [0, 0.1) is 25.5 Å². The molecule has 1 heterocycles. The number of Topliss-reactive ketones (excluding diaryl/α,β-unsaturated/α-hetero) is 1. The first-order valence-electron chi connectivity index (χ1n) is 10.3. The molecule has 0 atom stereocenters. The molecule has 0 unspecified atom stereocenters. The van der Waals surface area contributed by atoms with E-state index < -0.39 is 23.5 Å². The predicted octanol–water partition coefficient (Wildman–Crippen LogP) is 3.36. The van der Waals surface area contributed by atoms with Crippen molar-refractivity contribution >= 4 is 17.7 Å². The lowest BCUT2D eigenvalue weighted by Crippen LogP contribution is -2.26. The predicted molar refractivity (Wildman–Crippen MR) is 114 cm³/mol. The number of ether oxygens (including phenoxy) is 2. The zero-order valence-corrected chi connectivity index (χ0v) is 18.5. The minimum absolute atomic E-state index is 0.0184. The average molecular weight is 450 g/mol. The van der Waals surface area contributed by atoms with Crippen molar-refractivity contribution < 1.29 is 32.6 Å². The van der Waals surface area contributed by atoms with Gasteiger partial charge in [-0.25, -0.2) is 8.78 Å². The fraction of sp³-hybridized carbons (Fsp3) is 0.435. The molecule has 1 aromatic carbocycles. The van der Waals surface area contributed by atoms with E-state index in [9.17, 15) is 23.2 Å². The Morgan fingerprint density at radius 1 is 1.06 bits per heavy atom. The monoisotopic (exact) mass is 450 g/mol. The average Bonchev–Trinajstić information content (AvgIpc) is 3.03. The summed E-state index contributed by atoms with van der Waals surface area (Å²) in [4.78, 5) is 36.3. The lowest BCUT2D eigenvalue weighted by atomic mass is 10.1. The third-order valence-electron chi connectivity index (χ3n) is 4.99. The van der Waals surface area contributed by atoms with E-state index in [0.29, 0.717) is 18.2 Å². The Bertz CT molecular complexity index is 972. The number of nitrogens with one attached hydrogen (secondary N) is 1. The van der Waals surface area contributed by atoms with Gasteiger partial charge in [0.2, 0.25) is 5.78 Å². The molecule has 7 nitrogen and oxygen atoms in total. The maximum absolute atomic E-state index is 13.6. The summed E-state index contributed by atoms with van der Waals surface area (Å²) in [5.74, 6) is -3.30. The lowest BCUT2D eigenvalue weighted by molar-refractivity contribution is -0.142. The van der Waals surface area contributed by atoms with Gasteiger partial charge in [-0.3, -0.25) is 14.4 Å². The van der Waals surface area contributed by atoms with Crippen molar-refractivity contribution in [3.63, 3.8) is 0 Å². The van der Waals surface area contributed by atoms with Crippen molar-refractivity contribution in [3.8, 4) is 0 Å². The number of carbonyl (C=O) groups excluding carboxylic acids is 3. The number of carbonyl (C=O) groups is 3. The van der Waals surface area contributed by atoms with Gasteiger partial charge in [-0.1, -0.05) is 0 Å². The second-order valence-electron chi connectivity index (χ2n) is 7.35. The van der Waals surface area contributed by atoms with Crippen LogP contribution >= 0.6 is 0 Å². The number of esters is 1. The van der Waals surface area contributed by atoms with E-state index in [1.54, 1.807) is 13.2 Å². The molecule has 9 heteroatoms. The highest BCUT2D eigenvalue weighted by atomic mass is 19.1. The largest absolute Gasteiger partial charge is 0.457 e. The molecule has 0 saturated heterocycles. The Morgan fingerprint density at radius 2 is 1.81 bits per heavy atom. The molecule has 0 saturated carbocycles. The molecule has 1 amide bonds. The number of methoxy groups -OCH3 is 1. The van der Waals surface area contributed by atoms with Gasteiger partial charge in [0.05, 0.1) is 5.56 Å². The van der Waals surface area contributed by atoms with E-state index in [1.807, 2.05) is 18.4 Å². The Morgan fingerprint density at radius 3 is 2.50 bits per heavy atom. The number of aromatic nitrogens is 1. The summed E-state index contributed by atoms with van der Waals surface area (Å²) < 4.78 is 38.6. The molecule has 0 aliphatic carbocycles. The van der Waals surface area contributed by atoms with Crippen LogP contribution in [0.2, 0.25) is 0 Å². The quantitative estimate of drug-likeness (QED) is 0.304. The molecule has 174 valence electrons. The molecule has 0 bridgehead atoms. The molecule has 32 heavy (non-hydrogen) atoms. The van der Waals surface area contributed by atoms with E-state index in [0.717, 1.165) is 36.5 Å². The van der Waals surface area contributed by atoms with Crippen LogP contribution in [0.4, 0.5) is 8.78 Å². The molecular weight excluding hydrogens is 422 g/mol. The maximum atomic E-state index is 13.6. The normalized spacial score (nSPS) is 10.8. The van der Waals surface area contributed by atoms with Gasteiger partial charge in [-0.15, -0.1) is 0 Å². The highest BCUT2D eigenvalue weighted by Gasteiger charge is 2.17. The van der Waals surface area contributed by atoms with Crippen molar-refractivity contribution in [1.82, 2.24) is 9.88 Å². The highest BCUT2D eigenvalue weighted by molar-refractivity contribution is 5.99. The molecule has 1 aromatic heterocycles. The van der Waals surface area contributed by atoms with Crippen LogP contribution in [-0.4, -0.2) is 49.1 Å². The molecule has 2 aromatic rings. The van der Waals surface area contributed by atoms with Gasteiger partial charge in [0.25, 0.3) is 5.91 Å². The molecule has 1 N–H and O–H groups in total. The second-order valence-corrected chi connectivity index (χ2v) is 7.35. The van der Waals surface area contributed by atoms with Crippen LogP contribution in [-0.2, 0) is 20.8 Å². The summed E-state index contributed by atoms with van der Waals surface area (Å²) in [7, 11) is 1.64. The van der Waals surface area contributed by atoms with Crippen molar-refractivity contribution in [3.05, 3.63) is 58.4 Å². The fourth-order valence-electron chi connectivity index (χ4n) is 3.29. The van der Waals surface area contributed by atoms with Crippen molar-refractivity contribution in [2.45, 2.75) is 39.7 Å². The summed E-state index contributed by atoms with van der Waals surface area (Å²) in [6, 6.07) is 4.45. The van der Waals surface area contributed by atoms with Crippen LogP contribution in [0.25, 0.3) is 0 Å². The summed E-state index contributed by atoms with van der Waals surface area (Å²) >= 11 is 0. The Kier molecular flexibility index (Phi) is 9.52. The summed E-state index contributed by atoms with van der Waals surface area (Å²) in [6.07, 6.45) is 1.05. The smallest absolute Gasteiger partial charge is 0.306 e. The number of aryl methyl sites for hydroxylation is 1. The van der Waals surface area contributed by atoms with Crippen LogP contribution < -0.4 is 5.32 Å². The van der Waals surface area contributed by atoms with E-state index in [2.05, 4.69) is 5.32 Å². The van der Waals surface area contributed by atoms with Gasteiger partial charge in [0.1, 0.15) is 11.6 Å². The number of hydrogen-bond acceptors (Lipinski definition) is 5. The first-order chi connectivity index (χ1) is 15.2. The third-order valence-corrected chi connectivity index (χ3v) is 4.99. The highest BCUT2D eigenvalue weighted by Crippen LogP contribution is 2.17. The first-order valence-corrected chi connectivity index (χ1v) is 10.3. The first kappa shape index (κ1) is 25.2. The van der Waals surface area contributed by atoms with Crippen molar-refractivity contribution in [2.24, 2.45) is 0 Å². The lowest BCUT2D eigenvalue weighted by Gasteiger charge is -2.09. The molecule has 0 spiro atoms. The number of ketones is 1. The molecule has 0 radical (unpaired) electrons. The molecule has 0 fully saturated rings. The summed E-state index contributed by atoms with van der Waals surface area (Å²) in [5, 5.41) is 2.45. The number of amides is 1. The van der Waals surface area contributed by atoms with Gasteiger partial charge in [0, 0.05) is 56.2 Å². The van der Waals surface area contributed by atoms with E-state index in [1.165, 1.54) is 0 Å². The summed E-state index contributed by atoms with van der Waals surface area (Å²) in [5.41, 5.74) is 2.00. The molecule has 2 rings (SSSR count). The van der Waals surface area contributed by atoms with Crippen LogP contribution in [0.5, 0.6) is 0 Å². The SMILES string of the molecule is COCCCn1c(C)cc(C(=O)COC(=O)CCCNC(=O)c2ccc(F)cc2F)c1C. The van der Waals surface area contributed by atoms with E-state index in [-0.39, 0.29) is 37.3 Å². The third kappa shape index (κ3) is 6.98. The van der Waals surface area contributed by atoms with Crippen LogP contribution in [0.15, 0.2) is 24.3 Å². The summed E-state index contributed by atoms with van der Waals surface area (Å²) in [6.45, 7) is 4.84. The van der Waals surface area contributed by atoms with Gasteiger partial charge in [-0.05, 0) is 44.9 Å².